The van der Waals surface area contributed by atoms with E-state index in [4.69, 9.17) is 0 Å². The lowest BCUT2D eigenvalue weighted by atomic mass is 10.1. The summed E-state index contributed by atoms with van der Waals surface area (Å²) in [4.78, 5) is 5.30. The van der Waals surface area contributed by atoms with Gasteiger partial charge < -0.3 is 5.32 Å². The Hall–Kier alpha value is -1.06. The summed E-state index contributed by atoms with van der Waals surface area (Å²) < 4.78 is 0. The molecular formula is C16H23N3. The zero-order valence-electron chi connectivity index (χ0n) is 11.6. The van der Waals surface area contributed by atoms with Crippen LogP contribution in [0.25, 0.3) is 0 Å². The van der Waals surface area contributed by atoms with Gasteiger partial charge in [-0.3, -0.25) is 9.80 Å². The average molecular weight is 257 g/mol. The normalized spacial score (nSPS) is 24.2. The highest BCUT2D eigenvalue weighted by atomic mass is 15.3. The van der Waals surface area contributed by atoms with Crippen LogP contribution in [-0.4, -0.2) is 48.6 Å². The van der Waals surface area contributed by atoms with Crippen LogP contribution in [0.2, 0.25) is 0 Å². The van der Waals surface area contributed by atoms with Crippen LogP contribution in [0.15, 0.2) is 18.2 Å². The Morgan fingerprint density at radius 3 is 2.74 bits per heavy atom. The van der Waals surface area contributed by atoms with E-state index in [0.29, 0.717) is 0 Å². The second kappa shape index (κ2) is 4.80. The molecule has 2 fully saturated rings. The molecule has 2 heterocycles. The van der Waals surface area contributed by atoms with E-state index < -0.39 is 0 Å². The van der Waals surface area contributed by atoms with Gasteiger partial charge in [-0.15, -0.1) is 0 Å². The van der Waals surface area contributed by atoms with E-state index in [1.54, 1.807) is 0 Å². The van der Waals surface area contributed by atoms with Gasteiger partial charge in [0, 0.05) is 51.0 Å². The first-order valence-corrected chi connectivity index (χ1v) is 7.70. The molecule has 0 radical (unpaired) electrons. The van der Waals surface area contributed by atoms with Crippen molar-refractivity contribution in [3.63, 3.8) is 0 Å². The van der Waals surface area contributed by atoms with Crippen molar-refractivity contribution in [2.75, 3.05) is 38.0 Å². The number of nitrogens with one attached hydrogen (secondary N) is 1. The molecule has 2 aliphatic heterocycles. The van der Waals surface area contributed by atoms with Crippen LogP contribution in [0.5, 0.6) is 0 Å². The first-order valence-electron chi connectivity index (χ1n) is 7.70. The van der Waals surface area contributed by atoms with Crippen LogP contribution in [0.1, 0.15) is 24.0 Å². The summed E-state index contributed by atoms with van der Waals surface area (Å²) in [6.07, 6.45) is 4.08. The molecule has 4 rings (SSSR count). The highest BCUT2D eigenvalue weighted by Gasteiger charge is 2.31. The molecule has 0 aromatic heterocycles. The van der Waals surface area contributed by atoms with Gasteiger partial charge in [-0.2, -0.15) is 0 Å². The largest absolute Gasteiger partial charge is 0.384 e. The van der Waals surface area contributed by atoms with Crippen LogP contribution in [0.4, 0.5) is 5.69 Å². The molecule has 3 heteroatoms. The SMILES string of the molecule is c1cc2c(cc1CN1CCN(C3CC3)CC1)CCN2. The predicted molar refractivity (Wildman–Crippen MR) is 78.5 cm³/mol. The number of benzene rings is 1. The number of nitrogens with zero attached hydrogens (tertiary/aromatic N) is 2. The van der Waals surface area contributed by atoms with Crippen molar-refractivity contribution >= 4 is 5.69 Å². The Kier molecular flexibility index (Phi) is 2.97. The minimum absolute atomic E-state index is 0.938. The van der Waals surface area contributed by atoms with Crippen molar-refractivity contribution < 1.29 is 0 Å². The molecule has 1 saturated heterocycles. The highest BCUT2D eigenvalue weighted by Crippen LogP contribution is 2.28. The molecule has 0 amide bonds. The fraction of sp³-hybridized carbons (Fsp3) is 0.625. The Morgan fingerprint density at radius 1 is 1.11 bits per heavy atom. The van der Waals surface area contributed by atoms with Crippen LogP contribution in [-0.2, 0) is 13.0 Å². The molecule has 1 saturated carbocycles. The lowest BCUT2D eigenvalue weighted by molar-refractivity contribution is 0.121. The molecule has 0 atom stereocenters. The molecule has 102 valence electrons. The lowest BCUT2D eigenvalue weighted by Crippen LogP contribution is -2.46. The summed E-state index contributed by atoms with van der Waals surface area (Å²) in [6.45, 7) is 7.27. The van der Waals surface area contributed by atoms with E-state index in [0.717, 1.165) is 19.1 Å². The molecule has 19 heavy (non-hydrogen) atoms. The van der Waals surface area contributed by atoms with E-state index in [1.165, 1.54) is 62.3 Å². The number of piperazine rings is 1. The van der Waals surface area contributed by atoms with E-state index in [9.17, 15) is 0 Å². The van der Waals surface area contributed by atoms with Crippen molar-refractivity contribution in [1.82, 2.24) is 9.80 Å². The second-order valence-corrected chi connectivity index (χ2v) is 6.21. The third kappa shape index (κ3) is 2.49. The van der Waals surface area contributed by atoms with Gasteiger partial charge >= 0.3 is 0 Å². The molecule has 1 aliphatic carbocycles. The van der Waals surface area contributed by atoms with Gasteiger partial charge in [0.1, 0.15) is 0 Å². The lowest BCUT2D eigenvalue weighted by Gasteiger charge is -2.34. The van der Waals surface area contributed by atoms with Crippen molar-refractivity contribution in [2.45, 2.75) is 31.8 Å². The Labute approximate surface area is 115 Å². The number of anilines is 1. The van der Waals surface area contributed by atoms with Crippen molar-refractivity contribution in [3.05, 3.63) is 29.3 Å². The maximum atomic E-state index is 3.44. The quantitative estimate of drug-likeness (QED) is 0.892. The molecule has 1 aromatic rings. The zero-order valence-corrected chi connectivity index (χ0v) is 11.6. The Balaban J connectivity index is 1.36. The first kappa shape index (κ1) is 11.7. The van der Waals surface area contributed by atoms with Gasteiger partial charge in [-0.05, 0) is 36.5 Å². The average Bonchev–Trinajstić information content (AvgIpc) is 3.18. The topological polar surface area (TPSA) is 18.5 Å². The van der Waals surface area contributed by atoms with Crippen molar-refractivity contribution in [1.29, 1.82) is 0 Å². The van der Waals surface area contributed by atoms with Gasteiger partial charge in [0.15, 0.2) is 0 Å². The smallest absolute Gasteiger partial charge is 0.0373 e. The van der Waals surface area contributed by atoms with Crippen LogP contribution in [0.3, 0.4) is 0 Å². The minimum Gasteiger partial charge on any atom is -0.384 e. The summed E-state index contributed by atoms with van der Waals surface area (Å²) in [7, 11) is 0. The van der Waals surface area contributed by atoms with Gasteiger partial charge in [-0.25, -0.2) is 0 Å². The highest BCUT2D eigenvalue weighted by molar-refractivity contribution is 5.56. The Morgan fingerprint density at radius 2 is 1.95 bits per heavy atom. The van der Waals surface area contributed by atoms with Gasteiger partial charge in [0.2, 0.25) is 0 Å². The fourth-order valence-electron chi connectivity index (χ4n) is 3.44. The molecule has 3 aliphatic rings. The Bertz CT molecular complexity index is 459. The monoisotopic (exact) mass is 257 g/mol. The van der Waals surface area contributed by atoms with E-state index >= 15 is 0 Å². The molecule has 0 bridgehead atoms. The minimum atomic E-state index is 0.938. The van der Waals surface area contributed by atoms with E-state index in [1.807, 2.05) is 0 Å². The predicted octanol–water partition coefficient (Wildman–Crippen LogP) is 1.93. The first-order chi connectivity index (χ1) is 9.38. The molecule has 0 unspecified atom stereocenters. The van der Waals surface area contributed by atoms with Crippen molar-refractivity contribution in [3.8, 4) is 0 Å². The van der Waals surface area contributed by atoms with E-state index in [2.05, 4.69) is 33.3 Å². The van der Waals surface area contributed by atoms with Crippen LogP contribution < -0.4 is 5.32 Å². The molecule has 0 spiro atoms. The third-order valence-corrected chi connectivity index (χ3v) is 4.76. The number of hydrogen-bond acceptors (Lipinski definition) is 3. The third-order valence-electron chi connectivity index (χ3n) is 4.76. The maximum absolute atomic E-state index is 3.44. The molecule has 3 nitrogen and oxygen atoms in total. The molecule has 1 aromatic carbocycles. The zero-order chi connectivity index (χ0) is 12.7. The summed E-state index contributed by atoms with van der Waals surface area (Å²) in [5.74, 6) is 0. The fourth-order valence-corrected chi connectivity index (χ4v) is 3.44. The molecule has 1 N–H and O–H groups in total. The molecular weight excluding hydrogens is 234 g/mol. The summed E-state index contributed by atoms with van der Waals surface area (Å²) in [6, 6.07) is 7.90. The van der Waals surface area contributed by atoms with Gasteiger partial charge in [0.05, 0.1) is 0 Å². The van der Waals surface area contributed by atoms with Gasteiger partial charge in [0.25, 0.3) is 0 Å². The van der Waals surface area contributed by atoms with Crippen molar-refractivity contribution in [2.24, 2.45) is 0 Å². The summed E-state index contributed by atoms with van der Waals surface area (Å²) in [5, 5.41) is 3.44. The summed E-state index contributed by atoms with van der Waals surface area (Å²) >= 11 is 0. The van der Waals surface area contributed by atoms with E-state index in [-0.39, 0.29) is 0 Å². The maximum Gasteiger partial charge on any atom is 0.0373 e. The summed E-state index contributed by atoms with van der Waals surface area (Å²) in [5.41, 5.74) is 4.35. The van der Waals surface area contributed by atoms with Crippen LogP contribution >= 0.6 is 0 Å². The standard InChI is InChI=1S/C16H23N3/c1-4-16-14(5-6-17-16)11-13(1)12-18-7-9-19(10-8-18)15-2-3-15/h1,4,11,15,17H,2-3,5-10,12H2. The number of hydrogen-bond donors (Lipinski definition) is 1. The van der Waals surface area contributed by atoms with Gasteiger partial charge in [-0.1, -0.05) is 12.1 Å². The van der Waals surface area contributed by atoms with Crippen LogP contribution in [0, 0.1) is 0 Å². The second-order valence-electron chi connectivity index (χ2n) is 6.21. The number of fused-ring (bicyclic) bond motifs is 1. The number of rotatable bonds is 3.